The monoisotopic (exact) mass is 443 g/mol. The van der Waals surface area contributed by atoms with Crippen molar-refractivity contribution in [1.82, 2.24) is 9.80 Å². The Morgan fingerprint density at radius 1 is 1.17 bits per heavy atom. The number of esters is 1. The lowest BCUT2D eigenvalue weighted by molar-refractivity contribution is 0.0378. The summed E-state index contributed by atoms with van der Waals surface area (Å²) in [5.41, 5.74) is 3.20. The number of thiophene rings is 1. The molecular formula is C23H29N3O2S2. The predicted molar refractivity (Wildman–Crippen MR) is 126 cm³/mol. The van der Waals surface area contributed by atoms with E-state index in [0.29, 0.717) is 10.7 Å². The summed E-state index contributed by atoms with van der Waals surface area (Å²) < 4.78 is 5.52. The standard InChI is InChI=1S/C23H29N3O2S2/c1-16(2)28-22(27)20-18-9-6-10-19(18)30-21(20)24-23(29)26-13-11-25(12-14-26)15-17-7-4-3-5-8-17/h3-5,7-8,16H,6,9-15H2,1-2H3,(H,24,29). The molecule has 5 nitrogen and oxygen atoms in total. The van der Waals surface area contributed by atoms with Crippen LogP contribution in [0.2, 0.25) is 0 Å². The molecule has 1 saturated heterocycles. The van der Waals surface area contributed by atoms with Crippen molar-refractivity contribution >= 4 is 39.6 Å². The third kappa shape index (κ3) is 4.85. The van der Waals surface area contributed by atoms with Crippen molar-refractivity contribution in [2.75, 3.05) is 31.5 Å². The maximum atomic E-state index is 12.8. The van der Waals surface area contributed by atoms with E-state index in [1.54, 1.807) is 11.3 Å². The number of rotatable bonds is 5. The first kappa shape index (κ1) is 21.3. The first-order valence-electron chi connectivity index (χ1n) is 10.7. The number of hydrogen-bond acceptors (Lipinski definition) is 5. The van der Waals surface area contributed by atoms with Gasteiger partial charge in [0.15, 0.2) is 5.11 Å². The lowest BCUT2D eigenvalue weighted by Gasteiger charge is -2.36. The van der Waals surface area contributed by atoms with Gasteiger partial charge in [-0.05, 0) is 56.5 Å². The molecule has 2 aliphatic rings. The minimum atomic E-state index is -0.234. The maximum Gasteiger partial charge on any atom is 0.341 e. The van der Waals surface area contributed by atoms with Crippen LogP contribution in [-0.2, 0) is 24.1 Å². The van der Waals surface area contributed by atoms with E-state index in [4.69, 9.17) is 17.0 Å². The molecule has 0 radical (unpaired) electrons. The molecule has 1 aromatic carbocycles. The molecule has 2 heterocycles. The highest BCUT2D eigenvalue weighted by molar-refractivity contribution is 7.80. The molecule has 1 aliphatic heterocycles. The number of thiocarbonyl (C=S) groups is 1. The van der Waals surface area contributed by atoms with E-state index >= 15 is 0 Å². The Morgan fingerprint density at radius 3 is 2.60 bits per heavy atom. The largest absolute Gasteiger partial charge is 0.459 e. The van der Waals surface area contributed by atoms with Gasteiger partial charge in [0.1, 0.15) is 5.00 Å². The van der Waals surface area contributed by atoms with Crippen molar-refractivity contribution in [1.29, 1.82) is 0 Å². The van der Waals surface area contributed by atoms with E-state index in [1.165, 1.54) is 10.4 Å². The van der Waals surface area contributed by atoms with Gasteiger partial charge in [-0.15, -0.1) is 11.3 Å². The summed E-state index contributed by atoms with van der Waals surface area (Å²) in [6.07, 6.45) is 2.96. The fourth-order valence-electron chi connectivity index (χ4n) is 4.11. The molecule has 4 rings (SSSR count). The highest BCUT2D eigenvalue weighted by Crippen LogP contribution is 2.39. The summed E-state index contributed by atoms with van der Waals surface area (Å²) in [4.78, 5) is 18.7. The van der Waals surface area contributed by atoms with Gasteiger partial charge in [0.2, 0.25) is 0 Å². The molecule has 0 saturated carbocycles. The molecule has 0 unspecified atom stereocenters. The first-order valence-corrected chi connectivity index (χ1v) is 11.9. The van der Waals surface area contributed by atoms with Crippen molar-refractivity contribution in [2.45, 2.75) is 45.8 Å². The fraction of sp³-hybridized carbons (Fsp3) is 0.478. The zero-order valence-electron chi connectivity index (χ0n) is 17.6. The highest BCUT2D eigenvalue weighted by Gasteiger charge is 2.29. The van der Waals surface area contributed by atoms with Crippen molar-refractivity contribution in [3.8, 4) is 0 Å². The molecule has 0 spiro atoms. The second kappa shape index (κ2) is 9.45. The van der Waals surface area contributed by atoms with E-state index in [0.717, 1.165) is 62.6 Å². The molecule has 7 heteroatoms. The van der Waals surface area contributed by atoms with E-state index in [1.807, 2.05) is 13.8 Å². The molecule has 160 valence electrons. The third-order valence-electron chi connectivity index (χ3n) is 5.60. The minimum Gasteiger partial charge on any atom is -0.459 e. The van der Waals surface area contributed by atoms with Gasteiger partial charge in [-0.3, -0.25) is 4.90 Å². The smallest absolute Gasteiger partial charge is 0.341 e. The number of carbonyl (C=O) groups is 1. The quantitative estimate of drug-likeness (QED) is 0.549. The normalized spacial score (nSPS) is 16.6. The Kier molecular flexibility index (Phi) is 6.71. The molecular weight excluding hydrogens is 414 g/mol. The Hall–Kier alpha value is -1.96. The van der Waals surface area contributed by atoms with E-state index in [9.17, 15) is 4.79 Å². The minimum absolute atomic E-state index is 0.132. The molecule has 1 N–H and O–H groups in total. The Morgan fingerprint density at radius 2 is 1.90 bits per heavy atom. The van der Waals surface area contributed by atoms with Crippen LogP contribution in [0.5, 0.6) is 0 Å². The Balaban J connectivity index is 1.38. The van der Waals surface area contributed by atoms with Crippen LogP contribution in [0.3, 0.4) is 0 Å². The van der Waals surface area contributed by atoms with Gasteiger partial charge in [-0.25, -0.2) is 4.79 Å². The topological polar surface area (TPSA) is 44.8 Å². The Bertz CT molecular complexity index is 903. The van der Waals surface area contributed by atoms with Crippen LogP contribution in [-0.4, -0.2) is 53.2 Å². The van der Waals surface area contributed by atoms with Crippen molar-refractivity contribution in [3.63, 3.8) is 0 Å². The van der Waals surface area contributed by atoms with Crippen LogP contribution >= 0.6 is 23.6 Å². The van der Waals surface area contributed by atoms with Gasteiger partial charge < -0.3 is 15.0 Å². The summed E-state index contributed by atoms with van der Waals surface area (Å²) in [7, 11) is 0. The van der Waals surface area contributed by atoms with Crippen LogP contribution in [0.1, 0.15) is 46.6 Å². The molecule has 1 aromatic heterocycles. The lowest BCUT2D eigenvalue weighted by atomic mass is 10.1. The number of carbonyl (C=O) groups excluding carboxylic acids is 1. The molecule has 1 fully saturated rings. The third-order valence-corrected chi connectivity index (χ3v) is 7.16. The summed E-state index contributed by atoms with van der Waals surface area (Å²) in [6, 6.07) is 10.6. The fourth-order valence-corrected chi connectivity index (χ4v) is 5.73. The highest BCUT2D eigenvalue weighted by atomic mass is 32.1. The van der Waals surface area contributed by atoms with Crippen molar-refractivity contribution in [2.24, 2.45) is 0 Å². The van der Waals surface area contributed by atoms with Gasteiger partial charge in [-0.1, -0.05) is 30.3 Å². The average molecular weight is 444 g/mol. The maximum absolute atomic E-state index is 12.8. The number of benzene rings is 1. The summed E-state index contributed by atoms with van der Waals surface area (Å²) in [6.45, 7) is 8.46. The first-order chi connectivity index (χ1) is 14.5. The van der Waals surface area contributed by atoms with Gasteiger partial charge in [0.25, 0.3) is 0 Å². The van der Waals surface area contributed by atoms with Gasteiger partial charge >= 0.3 is 5.97 Å². The van der Waals surface area contributed by atoms with Crippen LogP contribution < -0.4 is 5.32 Å². The number of ether oxygens (including phenoxy) is 1. The number of hydrogen-bond donors (Lipinski definition) is 1. The summed E-state index contributed by atoms with van der Waals surface area (Å²) >= 11 is 7.38. The van der Waals surface area contributed by atoms with Crippen LogP contribution in [0.25, 0.3) is 0 Å². The Labute approximate surface area is 188 Å². The molecule has 1 aliphatic carbocycles. The number of anilines is 1. The molecule has 2 aromatic rings. The van der Waals surface area contributed by atoms with Crippen molar-refractivity contribution < 1.29 is 9.53 Å². The average Bonchev–Trinajstić information content (AvgIpc) is 3.29. The predicted octanol–water partition coefficient (Wildman–Crippen LogP) is 4.32. The number of nitrogens with zero attached hydrogens (tertiary/aromatic N) is 2. The molecule has 30 heavy (non-hydrogen) atoms. The van der Waals surface area contributed by atoms with Crippen LogP contribution in [0.4, 0.5) is 5.00 Å². The SMILES string of the molecule is CC(C)OC(=O)c1c(NC(=S)N2CCN(Cc3ccccc3)CC2)sc2c1CCC2. The van der Waals surface area contributed by atoms with Crippen LogP contribution in [0, 0.1) is 0 Å². The zero-order chi connectivity index (χ0) is 21.1. The lowest BCUT2D eigenvalue weighted by Crippen LogP contribution is -2.49. The number of piperazine rings is 1. The summed E-state index contributed by atoms with van der Waals surface area (Å²) in [5.74, 6) is -0.234. The number of aryl methyl sites for hydroxylation is 1. The van der Waals surface area contributed by atoms with Gasteiger partial charge in [-0.2, -0.15) is 0 Å². The van der Waals surface area contributed by atoms with Crippen LogP contribution in [0.15, 0.2) is 30.3 Å². The molecule has 0 amide bonds. The number of fused-ring (bicyclic) bond motifs is 1. The van der Waals surface area contributed by atoms with E-state index in [2.05, 4.69) is 45.4 Å². The van der Waals surface area contributed by atoms with Gasteiger partial charge in [0.05, 0.1) is 11.7 Å². The molecule has 0 atom stereocenters. The second-order valence-corrected chi connectivity index (χ2v) is 9.69. The molecule has 0 bridgehead atoms. The second-order valence-electron chi connectivity index (χ2n) is 8.19. The van der Waals surface area contributed by atoms with E-state index < -0.39 is 0 Å². The number of nitrogens with one attached hydrogen (secondary N) is 1. The van der Waals surface area contributed by atoms with Crippen molar-refractivity contribution in [3.05, 3.63) is 51.9 Å². The summed E-state index contributed by atoms with van der Waals surface area (Å²) in [5, 5.41) is 4.94. The van der Waals surface area contributed by atoms with Gasteiger partial charge in [0, 0.05) is 37.6 Å². The zero-order valence-corrected chi connectivity index (χ0v) is 19.3. The van der Waals surface area contributed by atoms with E-state index in [-0.39, 0.29) is 12.1 Å².